The smallest absolute Gasteiger partial charge is 0.139 e. The summed E-state index contributed by atoms with van der Waals surface area (Å²) in [5, 5.41) is 13.7. The lowest BCUT2D eigenvalue weighted by atomic mass is 9.71. The summed E-state index contributed by atoms with van der Waals surface area (Å²) in [5.41, 5.74) is 48.6. The number of benzene rings is 9. The Labute approximate surface area is 450 Å². The normalized spacial score (nSPS) is 12.3. The summed E-state index contributed by atoms with van der Waals surface area (Å²) in [4.78, 5) is 0. The zero-order valence-electron chi connectivity index (χ0n) is 51.4. The van der Waals surface area contributed by atoms with Crippen LogP contribution in [-0.4, -0.2) is 0 Å². The third-order valence-corrected chi connectivity index (χ3v) is 21.8. The van der Waals surface area contributed by atoms with E-state index >= 15 is 0 Å². The van der Waals surface area contributed by atoms with Crippen LogP contribution in [0.1, 0.15) is 156 Å². The van der Waals surface area contributed by atoms with E-state index in [0.29, 0.717) is 0 Å². The second kappa shape index (κ2) is 17.2. The molecule has 9 aromatic carbocycles. The molecule has 10 rings (SSSR count). The van der Waals surface area contributed by atoms with E-state index in [1.807, 2.05) is 0 Å². The topological polar surface area (TPSA) is 13.1 Å². The van der Waals surface area contributed by atoms with E-state index in [4.69, 9.17) is 4.42 Å². The SMILES string of the molecule is Cc1c(C)c(C)c2c(oc3c(C)c(C)c(C)c(-c4c5c(C)c(C)c(C)c(C)c5c(-c5c(C)c(C)c(-c6c(C)c(C)c(C)c7c(C)c(C)c(C)c(C)c67)c6c(C)c(C)c(C)c(C)c56)c5c(C)c(C)c(C)c(C)c45)c32)c1C. The third-order valence-electron chi connectivity index (χ3n) is 21.8. The lowest BCUT2D eigenvalue weighted by Crippen LogP contribution is -2.08. The summed E-state index contributed by atoms with van der Waals surface area (Å²) < 4.78 is 7.28. The quantitative estimate of drug-likeness (QED) is 0.161. The molecule has 386 valence electrons. The van der Waals surface area contributed by atoms with Gasteiger partial charge in [0, 0.05) is 10.8 Å². The highest BCUT2D eigenvalue weighted by Gasteiger charge is 2.34. The molecule has 0 unspecified atom stereocenters. The second-order valence-corrected chi connectivity index (χ2v) is 24.3. The zero-order valence-corrected chi connectivity index (χ0v) is 51.4. The maximum Gasteiger partial charge on any atom is 0.139 e. The van der Waals surface area contributed by atoms with Gasteiger partial charge in [0.2, 0.25) is 0 Å². The molecule has 0 radical (unpaired) electrons. The first kappa shape index (κ1) is 52.3. The summed E-state index contributed by atoms with van der Waals surface area (Å²) in [6, 6.07) is 0. The van der Waals surface area contributed by atoms with Crippen LogP contribution in [0.5, 0.6) is 0 Å². The molecule has 0 spiro atoms. The second-order valence-electron chi connectivity index (χ2n) is 24.3. The number of fused-ring (bicyclic) bond motifs is 7. The van der Waals surface area contributed by atoms with Crippen molar-refractivity contribution in [2.45, 2.75) is 194 Å². The van der Waals surface area contributed by atoms with Gasteiger partial charge in [-0.05, 0) is 426 Å². The van der Waals surface area contributed by atoms with E-state index in [-0.39, 0.29) is 0 Å². The Morgan fingerprint density at radius 3 is 0.587 bits per heavy atom. The number of hydrogen-bond acceptors (Lipinski definition) is 1. The van der Waals surface area contributed by atoms with E-state index < -0.39 is 0 Å². The van der Waals surface area contributed by atoms with Crippen LogP contribution >= 0.6 is 0 Å². The molecule has 0 saturated heterocycles. The van der Waals surface area contributed by atoms with Gasteiger partial charge in [-0.25, -0.2) is 0 Å². The van der Waals surface area contributed by atoms with Crippen LogP contribution in [0, 0.1) is 194 Å². The first-order valence-electron chi connectivity index (χ1n) is 27.9. The van der Waals surface area contributed by atoms with Crippen LogP contribution in [0.3, 0.4) is 0 Å². The van der Waals surface area contributed by atoms with Crippen molar-refractivity contribution < 1.29 is 4.42 Å². The van der Waals surface area contributed by atoms with Gasteiger partial charge in [0.25, 0.3) is 0 Å². The largest absolute Gasteiger partial charge is 0.455 e. The lowest BCUT2D eigenvalue weighted by molar-refractivity contribution is 0.661. The zero-order chi connectivity index (χ0) is 55.3. The first-order valence-corrected chi connectivity index (χ1v) is 27.9. The molecule has 1 heteroatoms. The minimum absolute atomic E-state index is 1.02. The summed E-state index contributed by atoms with van der Waals surface area (Å²) >= 11 is 0. The molecule has 75 heavy (non-hydrogen) atoms. The van der Waals surface area contributed by atoms with Gasteiger partial charge in [0.15, 0.2) is 0 Å². The number of rotatable bonds is 3. The van der Waals surface area contributed by atoms with Gasteiger partial charge in [-0.1, -0.05) is 0 Å². The number of hydrogen-bond donors (Lipinski definition) is 0. The molecule has 0 N–H and O–H groups in total. The van der Waals surface area contributed by atoms with Crippen LogP contribution in [0.2, 0.25) is 0 Å². The fourth-order valence-corrected chi connectivity index (χ4v) is 14.8. The third kappa shape index (κ3) is 6.43. The van der Waals surface area contributed by atoms with Crippen LogP contribution in [0.15, 0.2) is 4.42 Å². The average Bonchev–Trinajstić information content (AvgIpc) is 3.84. The van der Waals surface area contributed by atoms with Crippen molar-refractivity contribution in [3.8, 4) is 33.4 Å². The Balaban J connectivity index is 1.58. The highest BCUT2D eigenvalue weighted by molar-refractivity contribution is 6.32. The molecule has 0 aliphatic rings. The predicted octanol–water partition coefficient (Wildman–Crippen LogP) is 21.8. The van der Waals surface area contributed by atoms with Crippen molar-refractivity contribution in [2.75, 3.05) is 0 Å². The van der Waals surface area contributed by atoms with Crippen LogP contribution < -0.4 is 0 Å². The van der Waals surface area contributed by atoms with E-state index in [2.05, 4.69) is 194 Å². The van der Waals surface area contributed by atoms with Gasteiger partial charge in [-0.2, -0.15) is 0 Å². The molecule has 1 nitrogen and oxygen atoms in total. The molecule has 0 aliphatic heterocycles. The number of furan rings is 1. The molecule has 1 heterocycles. The standard InChI is InChI=1S/C74H84O/c1-29-30(2)43(15)58-57(41(29)13)42(14)39(11)50(22)59(58)62-53(25)54(26)67(61-45(17)32(4)31(3)44(16)60(61)62)70-63-46(18)33(5)35(7)48(20)65(63)71(66-49(21)36(8)34(6)47(19)64(66)70)68-51(23)40(12)56(28)74-72(68)69-52(24)37(9)38(10)55(27)73(69)75-74/h1-28H3. The number of aryl methyl sites for hydroxylation is 12. The monoisotopic (exact) mass is 989 g/mol. The first-order chi connectivity index (χ1) is 35.0. The van der Waals surface area contributed by atoms with E-state index in [1.54, 1.807) is 0 Å². The molecular formula is C74H84O. The van der Waals surface area contributed by atoms with Crippen LogP contribution in [-0.2, 0) is 0 Å². The molecule has 0 atom stereocenters. The van der Waals surface area contributed by atoms with Gasteiger partial charge < -0.3 is 4.42 Å². The molecule has 10 aromatic rings. The van der Waals surface area contributed by atoms with Gasteiger partial charge in [0.05, 0.1) is 0 Å². The van der Waals surface area contributed by atoms with E-state index in [9.17, 15) is 0 Å². The predicted molar refractivity (Wildman–Crippen MR) is 333 cm³/mol. The maximum atomic E-state index is 7.28. The van der Waals surface area contributed by atoms with Crippen LogP contribution in [0.25, 0.3) is 98.4 Å². The summed E-state index contributed by atoms with van der Waals surface area (Å²) in [6.07, 6.45) is 0. The van der Waals surface area contributed by atoms with E-state index in [0.717, 1.165) is 11.2 Å². The van der Waals surface area contributed by atoms with Crippen molar-refractivity contribution in [3.05, 3.63) is 156 Å². The van der Waals surface area contributed by atoms with Gasteiger partial charge in [0.1, 0.15) is 11.2 Å². The maximum absolute atomic E-state index is 7.28. The Hall–Kier alpha value is -6.18. The van der Waals surface area contributed by atoms with Gasteiger partial charge in [-0.15, -0.1) is 0 Å². The van der Waals surface area contributed by atoms with Crippen LogP contribution in [0.4, 0.5) is 0 Å². The highest BCUT2D eigenvalue weighted by atomic mass is 16.3. The van der Waals surface area contributed by atoms with Crippen molar-refractivity contribution >= 4 is 65.0 Å². The molecular weight excluding hydrogens is 905 g/mol. The van der Waals surface area contributed by atoms with Gasteiger partial charge >= 0.3 is 0 Å². The Morgan fingerprint density at radius 1 is 0.120 bits per heavy atom. The summed E-state index contributed by atoms with van der Waals surface area (Å²) in [7, 11) is 0. The van der Waals surface area contributed by atoms with Gasteiger partial charge in [-0.3, -0.25) is 0 Å². The Bertz CT molecular complexity index is 4280. The molecule has 0 saturated carbocycles. The molecule has 0 aliphatic carbocycles. The Kier molecular flexibility index (Phi) is 12.0. The average molecular weight is 989 g/mol. The van der Waals surface area contributed by atoms with Crippen molar-refractivity contribution in [3.63, 3.8) is 0 Å². The minimum Gasteiger partial charge on any atom is -0.455 e. The van der Waals surface area contributed by atoms with Crippen molar-refractivity contribution in [1.82, 2.24) is 0 Å². The highest BCUT2D eigenvalue weighted by Crippen LogP contribution is 2.58. The molecule has 0 fully saturated rings. The molecule has 0 amide bonds. The fraction of sp³-hybridized carbons (Fsp3) is 0.378. The van der Waals surface area contributed by atoms with E-state index in [1.165, 1.54) is 243 Å². The Morgan fingerprint density at radius 2 is 0.280 bits per heavy atom. The van der Waals surface area contributed by atoms with Crippen molar-refractivity contribution in [1.29, 1.82) is 0 Å². The molecule has 0 bridgehead atoms. The summed E-state index contributed by atoms with van der Waals surface area (Å²) in [6.45, 7) is 66.6. The minimum atomic E-state index is 1.02. The molecule has 1 aromatic heterocycles. The fourth-order valence-electron chi connectivity index (χ4n) is 14.8. The summed E-state index contributed by atoms with van der Waals surface area (Å²) in [5.74, 6) is 0. The lowest BCUT2D eigenvalue weighted by Gasteiger charge is -2.32. The van der Waals surface area contributed by atoms with Crippen molar-refractivity contribution in [2.24, 2.45) is 0 Å².